The summed E-state index contributed by atoms with van der Waals surface area (Å²) in [5.74, 6) is 1.38. The molecular formula is C32H40N2. The number of hydrogen-bond acceptors (Lipinski definition) is 2. The van der Waals surface area contributed by atoms with E-state index in [1.165, 1.54) is 92.4 Å². The topological polar surface area (TPSA) is 6.48 Å². The molecule has 6 rings (SSSR count). The first-order chi connectivity index (χ1) is 16.7. The van der Waals surface area contributed by atoms with Crippen LogP contribution in [0.4, 0.5) is 5.69 Å². The van der Waals surface area contributed by atoms with Gasteiger partial charge in [0.15, 0.2) is 0 Å². The minimum atomic E-state index is -0.0299. The molecule has 0 radical (unpaired) electrons. The summed E-state index contributed by atoms with van der Waals surface area (Å²) in [6.07, 6.45) is 19.2. The fourth-order valence-electron chi connectivity index (χ4n) is 7.72. The zero-order valence-corrected chi connectivity index (χ0v) is 21.0. The van der Waals surface area contributed by atoms with E-state index in [1.807, 2.05) is 0 Å². The molecule has 2 aromatic rings. The lowest BCUT2D eigenvalue weighted by atomic mass is 9.70. The van der Waals surface area contributed by atoms with Gasteiger partial charge in [-0.15, -0.1) is 0 Å². The van der Waals surface area contributed by atoms with Crippen molar-refractivity contribution < 1.29 is 0 Å². The third-order valence-electron chi connectivity index (χ3n) is 9.32. The average Bonchev–Trinajstić information content (AvgIpc) is 3.43. The van der Waals surface area contributed by atoms with Crippen LogP contribution in [0, 0.1) is 18.8 Å². The lowest BCUT2D eigenvalue weighted by Gasteiger charge is -2.52. The molecule has 2 unspecified atom stereocenters. The largest absolute Gasteiger partial charge is 0.336 e. The first-order valence-electron chi connectivity index (χ1n) is 13.8. The predicted molar refractivity (Wildman–Crippen MR) is 142 cm³/mol. The molecule has 0 amide bonds. The van der Waals surface area contributed by atoms with Crippen molar-refractivity contribution in [1.29, 1.82) is 0 Å². The second-order valence-corrected chi connectivity index (χ2v) is 11.2. The Labute approximate surface area is 206 Å². The maximum atomic E-state index is 2.93. The number of rotatable bonds is 4. The summed E-state index contributed by atoms with van der Waals surface area (Å²) in [7, 11) is 0. The molecule has 0 N–H and O–H groups in total. The number of anilines is 1. The van der Waals surface area contributed by atoms with E-state index in [4.69, 9.17) is 0 Å². The molecule has 0 spiro atoms. The standard InChI is InChI=1S/C32H40N2/c1-24-14-12-13-21-29(24)33-25(2)30-22-23-32(27-17-8-4-9-18-27,28-19-10-5-11-20-28)34(30)31(33)26-15-6-3-7-16-26/h4,8-9,12-14,17-18,21-23,26,28,31H,3,5-7,10-11,15-16,19-20H2,1-2H3. The summed E-state index contributed by atoms with van der Waals surface area (Å²) in [6.45, 7) is 4.67. The van der Waals surface area contributed by atoms with Crippen LogP contribution in [0.3, 0.4) is 0 Å². The van der Waals surface area contributed by atoms with Crippen molar-refractivity contribution in [3.63, 3.8) is 0 Å². The number of nitrogens with zero attached hydrogens (tertiary/aromatic N) is 2. The van der Waals surface area contributed by atoms with Crippen LogP contribution >= 0.6 is 0 Å². The summed E-state index contributed by atoms with van der Waals surface area (Å²) in [6, 6.07) is 20.6. The molecule has 2 aromatic carbocycles. The van der Waals surface area contributed by atoms with Gasteiger partial charge in [0, 0.05) is 11.4 Å². The fourth-order valence-corrected chi connectivity index (χ4v) is 7.72. The van der Waals surface area contributed by atoms with Crippen molar-refractivity contribution in [1.82, 2.24) is 4.90 Å². The Hall–Kier alpha value is -2.48. The first-order valence-corrected chi connectivity index (χ1v) is 13.8. The molecule has 2 heterocycles. The van der Waals surface area contributed by atoms with Crippen LogP contribution < -0.4 is 4.90 Å². The zero-order chi connectivity index (χ0) is 23.1. The summed E-state index contributed by atoms with van der Waals surface area (Å²) in [4.78, 5) is 5.67. The Morgan fingerprint density at radius 1 is 0.735 bits per heavy atom. The average molecular weight is 453 g/mol. The molecule has 2 heteroatoms. The van der Waals surface area contributed by atoms with E-state index in [0.29, 0.717) is 18.0 Å². The molecule has 2 aliphatic heterocycles. The zero-order valence-electron chi connectivity index (χ0n) is 21.0. The van der Waals surface area contributed by atoms with Gasteiger partial charge in [-0.3, -0.25) is 0 Å². The van der Waals surface area contributed by atoms with Crippen molar-refractivity contribution in [3.8, 4) is 0 Å². The molecule has 0 aromatic heterocycles. The first kappa shape index (κ1) is 22.0. The van der Waals surface area contributed by atoms with Gasteiger partial charge in [-0.2, -0.15) is 0 Å². The molecule has 34 heavy (non-hydrogen) atoms. The van der Waals surface area contributed by atoms with Crippen molar-refractivity contribution in [2.45, 2.75) is 89.8 Å². The molecule has 2 atom stereocenters. The summed E-state index contributed by atoms with van der Waals surface area (Å²) in [5.41, 5.74) is 7.15. The SMILES string of the molecule is CC1=C2C=CC(c3ccccc3)(C3CCCCC3)N2C(C2CCCCC2)N1c1ccccc1C. The second kappa shape index (κ2) is 8.95. The van der Waals surface area contributed by atoms with E-state index in [0.717, 1.165) is 0 Å². The number of aryl methyl sites for hydroxylation is 1. The van der Waals surface area contributed by atoms with Crippen LogP contribution in [-0.4, -0.2) is 11.1 Å². The van der Waals surface area contributed by atoms with E-state index in [2.05, 4.69) is 90.4 Å². The van der Waals surface area contributed by atoms with Gasteiger partial charge in [-0.1, -0.05) is 93.1 Å². The van der Waals surface area contributed by atoms with Gasteiger partial charge in [0.25, 0.3) is 0 Å². The Morgan fingerprint density at radius 2 is 1.38 bits per heavy atom. The van der Waals surface area contributed by atoms with Crippen LogP contribution in [-0.2, 0) is 5.54 Å². The third kappa shape index (κ3) is 3.36. The predicted octanol–water partition coefficient (Wildman–Crippen LogP) is 8.30. The molecule has 2 nitrogen and oxygen atoms in total. The smallest absolute Gasteiger partial charge is 0.110 e. The van der Waals surface area contributed by atoms with Gasteiger partial charge >= 0.3 is 0 Å². The number of benzene rings is 2. The molecule has 2 saturated carbocycles. The highest BCUT2D eigenvalue weighted by atomic mass is 15.5. The van der Waals surface area contributed by atoms with Crippen molar-refractivity contribution >= 4 is 5.69 Å². The van der Waals surface area contributed by atoms with Crippen LogP contribution in [0.2, 0.25) is 0 Å². The van der Waals surface area contributed by atoms with Gasteiger partial charge in [-0.05, 0) is 74.6 Å². The van der Waals surface area contributed by atoms with E-state index in [9.17, 15) is 0 Å². The fraction of sp³-hybridized carbons (Fsp3) is 0.500. The van der Waals surface area contributed by atoms with Crippen molar-refractivity contribution in [2.75, 3.05) is 4.90 Å². The Kier molecular flexibility index (Phi) is 5.79. The minimum Gasteiger partial charge on any atom is -0.336 e. The molecule has 2 aliphatic carbocycles. The number of fused-ring (bicyclic) bond motifs is 1. The number of allylic oxidation sites excluding steroid dienone is 2. The van der Waals surface area contributed by atoms with E-state index in [-0.39, 0.29) is 5.54 Å². The van der Waals surface area contributed by atoms with Gasteiger partial charge in [-0.25, -0.2) is 0 Å². The highest BCUT2D eigenvalue weighted by Crippen LogP contribution is 2.56. The van der Waals surface area contributed by atoms with Crippen LogP contribution in [0.1, 0.15) is 82.3 Å². The monoisotopic (exact) mass is 452 g/mol. The summed E-state index contributed by atoms with van der Waals surface area (Å²) >= 11 is 0. The summed E-state index contributed by atoms with van der Waals surface area (Å²) < 4.78 is 0. The molecule has 178 valence electrons. The molecule has 2 fully saturated rings. The van der Waals surface area contributed by atoms with E-state index >= 15 is 0 Å². The third-order valence-corrected chi connectivity index (χ3v) is 9.32. The van der Waals surface area contributed by atoms with Gasteiger partial charge in [0.1, 0.15) is 6.17 Å². The minimum absolute atomic E-state index is 0.0299. The van der Waals surface area contributed by atoms with Crippen LogP contribution in [0.25, 0.3) is 0 Å². The summed E-state index contributed by atoms with van der Waals surface area (Å²) in [5, 5.41) is 0. The lowest BCUT2D eigenvalue weighted by Crippen LogP contribution is -2.56. The number of hydrogen-bond donors (Lipinski definition) is 0. The van der Waals surface area contributed by atoms with E-state index < -0.39 is 0 Å². The normalized spacial score (nSPS) is 28.1. The Bertz CT molecular complexity index is 1070. The molecular weight excluding hydrogens is 412 g/mol. The Morgan fingerprint density at radius 3 is 2.09 bits per heavy atom. The maximum absolute atomic E-state index is 2.93. The maximum Gasteiger partial charge on any atom is 0.110 e. The second-order valence-electron chi connectivity index (χ2n) is 11.2. The Balaban J connectivity index is 1.54. The van der Waals surface area contributed by atoms with Gasteiger partial charge < -0.3 is 9.80 Å². The van der Waals surface area contributed by atoms with Crippen molar-refractivity contribution in [3.05, 3.63) is 89.3 Å². The van der Waals surface area contributed by atoms with Gasteiger partial charge in [0.05, 0.1) is 11.2 Å². The molecule has 0 bridgehead atoms. The molecule has 0 saturated heterocycles. The number of para-hydroxylation sites is 1. The lowest BCUT2D eigenvalue weighted by molar-refractivity contribution is 0.0387. The highest BCUT2D eigenvalue weighted by molar-refractivity contribution is 5.64. The van der Waals surface area contributed by atoms with Crippen LogP contribution in [0.5, 0.6) is 0 Å². The quantitative estimate of drug-likeness (QED) is 0.460. The van der Waals surface area contributed by atoms with Crippen molar-refractivity contribution in [2.24, 2.45) is 11.8 Å². The highest BCUT2D eigenvalue weighted by Gasteiger charge is 2.56. The van der Waals surface area contributed by atoms with Gasteiger partial charge in [0.2, 0.25) is 0 Å². The molecule has 4 aliphatic rings. The van der Waals surface area contributed by atoms with Crippen LogP contribution in [0.15, 0.2) is 78.1 Å². The van der Waals surface area contributed by atoms with E-state index in [1.54, 1.807) is 0 Å².